The number of aromatic nitrogens is 2. The van der Waals surface area contributed by atoms with Crippen LogP contribution in [0.5, 0.6) is 0 Å². The van der Waals surface area contributed by atoms with Crippen LogP contribution < -0.4 is 10.9 Å². The summed E-state index contributed by atoms with van der Waals surface area (Å²) < 4.78 is 0. The SMILES string of the molecule is CC(C)c1cc(=O)[nH]c(NCc2ccc(Cl)cc2)n1. The lowest BCUT2D eigenvalue weighted by atomic mass is 10.1. The Balaban J connectivity index is 2.11. The van der Waals surface area contributed by atoms with Crippen LogP contribution in [0.2, 0.25) is 5.02 Å². The molecule has 5 heteroatoms. The van der Waals surface area contributed by atoms with E-state index in [9.17, 15) is 4.79 Å². The lowest BCUT2D eigenvalue weighted by molar-refractivity contribution is 0.808. The molecule has 0 radical (unpaired) electrons. The quantitative estimate of drug-likeness (QED) is 0.902. The number of aromatic amines is 1. The summed E-state index contributed by atoms with van der Waals surface area (Å²) in [6.07, 6.45) is 0. The molecule has 2 N–H and O–H groups in total. The van der Waals surface area contributed by atoms with Crippen molar-refractivity contribution in [1.29, 1.82) is 0 Å². The van der Waals surface area contributed by atoms with Gasteiger partial charge in [-0.2, -0.15) is 0 Å². The van der Waals surface area contributed by atoms with E-state index in [0.29, 0.717) is 17.5 Å². The summed E-state index contributed by atoms with van der Waals surface area (Å²) in [4.78, 5) is 18.6. The third-order valence-electron chi connectivity index (χ3n) is 2.73. The largest absolute Gasteiger partial charge is 0.352 e. The molecular formula is C14H16ClN3O. The van der Waals surface area contributed by atoms with Gasteiger partial charge in [0.2, 0.25) is 5.95 Å². The molecule has 0 saturated heterocycles. The standard InChI is InChI=1S/C14H16ClN3O/c1-9(2)12-7-13(19)18-14(17-12)16-8-10-3-5-11(15)6-4-10/h3-7,9H,8H2,1-2H3,(H2,16,17,18,19). The monoisotopic (exact) mass is 277 g/mol. The average Bonchev–Trinajstić information content (AvgIpc) is 2.37. The van der Waals surface area contributed by atoms with Crippen molar-refractivity contribution in [3.8, 4) is 0 Å². The van der Waals surface area contributed by atoms with Gasteiger partial charge in [-0.3, -0.25) is 9.78 Å². The number of H-pyrrole nitrogens is 1. The number of rotatable bonds is 4. The van der Waals surface area contributed by atoms with Gasteiger partial charge in [0, 0.05) is 17.6 Å². The number of anilines is 1. The molecule has 0 unspecified atom stereocenters. The van der Waals surface area contributed by atoms with Crippen molar-refractivity contribution < 1.29 is 0 Å². The van der Waals surface area contributed by atoms with Crippen LogP contribution >= 0.6 is 11.6 Å². The highest BCUT2D eigenvalue weighted by atomic mass is 35.5. The number of benzene rings is 1. The summed E-state index contributed by atoms with van der Waals surface area (Å²) in [6, 6.07) is 9.05. The molecule has 0 bridgehead atoms. The van der Waals surface area contributed by atoms with Crippen molar-refractivity contribution in [3.63, 3.8) is 0 Å². The first-order valence-corrected chi connectivity index (χ1v) is 6.52. The molecule has 0 saturated carbocycles. The van der Waals surface area contributed by atoms with E-state index in [1.807, 2.05) is 38.1 Å². The van der Waals surface area contributed by atoms with Gasteiger partial charge in [0.05, 0.1) is 5.69 Å². The first-order valence-electron chi connectivity index (χ1n) is 6.14. The summed E-state index contributed by atoms with van der Waals surface area (Å²) in [5, 5.41) is 3.81. The second-order valence-electron chi connectivity index (χ2n) is 4.65. The molecule has 0 aliphatic heterocycles. The highest BCUT2D eigenvalue weighted by Gasteiger charge is 2.04. The van der Waals surface area contributed by atoms with Gasteiger partial charge >= 0.3 is 0 Å². The fourth-order valence-corrected chi connectivity index (χ4v) is 1.77. The van der Waals surface area contributed by atoms with E-state index >= 15 is 0 Å². The van der Waals surface area contributed by atoms with E-state index in [0.717, 1.165) is 11.3 Å². The average molecular weight is 278 g/mol. The summed E-state index contributed by atoms with van der Waals surface area (Å²) in [6.45, 7) is 4.59. The minimum atomic E-state index is -0.141. The van der Waals surface area contributed by atoms with Gasteiger partial charge in [-0.25, -0.2) is 4.98 Å². The Hall–Kier alpha value is -1.81. The lowest BCUT2D eigenvalue weighted by Gasteiger charge is -2.09. The van der Waals surface area contributed by atoms with Gasteiger partial charge in [-0.1, -0.05) is 37.6 Å². The van der Waals surface area contributed by atoms with Gasteiger partial charge in [0.25, 0.3) is 5.56 Å². The Bertz CT molecular complexity index is 605. The molecule has 0 aliphatic rings. The van der Waals surface area contributed by atoms with Gasteiger partial charge < -0.3 is 5.32 Å². The predicted octanol–water partition coefficient (Wildman–Crippen LogP) is 3.16. The van der Waals surface area contributed by atoms with E-state index in [1.165, 1.54) is 6.07 Å². The van der Waals surface area contributed by atoms with Gasteiger partial charge in [-0.05, 0) is 23.6 Å². The zero-order valence-electron chi connectivity index (χ0n) is 10.9. The molecule has 0 amide bonds. The topological polar surface area (TPSA) is 57.8 Å². The van der Waals surface area contributed by atoms with Crippen LogP contribution in [0.4, 0.5) is 5.95 Å². The van der Waals surface area contributed by atoms with Crippen LogP contribution in [0.3, 0.4) is 0 Å². The zero-order chi connectivity index (χ0) is 13.8. The van der Waals surface area contributed by atoms with Crippen molar-refractivity contribution in [1.82, 2.24) is 9.97 Å². The van der Waals surface area contributed by atoms with E-state index < -0.39 is 0 Å². The van der Waals surface area contributed by atoms with Crippen LogP contribution in [0.15, 0.2) is 35.1 Å². The lowest BCUT2D eigenvalue weighted by Crippen LogP contribution is -2.14. The summed E-state index contributed by atoms with van der Waals surface area (Å²) in [7, 11) is 0. The molecule has 0 atom stereocenters. The van der Waals surface area contributed by atoms with Crippen LogP contribution in [0, 0.1) is 0 Å². The number of nitrogens with one attached hydrogen (secondary N) is 2. The predicted molar refractivity (Wildman–Crippen MR) is 77.7 cm³/mol. The molecule has 0 aliphatic carbocycles. The maximum Gasteiger partial charge on any atom is 0.252 e. The van der Waals surface area contributed by atoms with Gasteiger partial charge in [0.1, 0.15) is 0 Å². The maximum atomic E-state index is 11.5. The van der Waals surface area contributed by atoms with Crippen molar-refractivity contribution >= 4 is 17.5 Å². The second kappa shape index (κ2) is 5.89. The molecule has 100 valence electrons. The Morgan fingerprint density at radius 1 is 1.32 bits per heavy atom. The Kier molecular flexibility index (Phi) is 4.22. The Morgan fingerprint density at radius 2 is 2.00 bits per heavy atom. The molecule has 1 heterocycles. The van der Waals surface area contributed by atoms with E-state index in [-0.39, 0.29) is 11.5 Å². The minimum Gasteiger partial charge on any atom is -0.352 e. The van der Waals surface area contributed by atoms with Crippen LogP contribution in [-0.2, 0) is 6.54 Å². The Labute approximate surface area is 116 Å². The van der Waals surface area contributed by atoms with Crippen molar-refractivity contribution in [2.75, 3.05) is 5.32 Å². The highest BCUT2D eigenvalue weighted by Crippen LogP contribution is 2.12. The smallest absolute Gasteiger partial charge is 0.252 e. The fraction of sp³-hybridized carbons (Fsp3) is 0.286. The zero-order valence-corrected chi connectivity index (χ0v) is 11.7. The fourth-order valence-electron chi connectivity index (χ4n) is 1.64. The van der Waals surface area contributed by atoms with E-state index in [2.05, 4.69) is 15.3 Å². The molecule has 0 spiro atoms. The Morgan fingerprint density at radius 3 is 2.63 bits per heavy atom. The molecule has 1 aromatic heterocycles. The van der Waals surface area contributed by atoms with E-state index in [4.69, 9.17) is 11.6 Å². The summed E-state index contributed by atoms with van der Waals surface area (Å²) in [5.41, 5.74) is 1.71. The number of hydrogen-bond acceptors (Lipinski definition) is 3. The normalized spacial score (nSPS) is 10.7. The summed E-state index contributed by atoms with van der Waals surface area (Å²) >= 11 is 5.82. The molecule has 2 aromatic rings. The van der Waals surface area contributed by atoms with Crippen LogP contribution in [0.1, 0.15) is 31.0 Å². The molecule has 19 heavy (non-hydrogen) atoms. The van der Waals surface area contributed by atoms with Crippen LogP contribution in [-0.4, -0.2) is 9.97 Å². The van der Waals surface area contributed by atoms with E-state index in [1.54, 1.807) is 0 Å². The number of hydrogen-bond donors (Lipinski definition) is 2. The van der Waals surface area contributed by atoms with Crippen molar-refractivity contribution in [3.05, 3.63) is 57.0 Å². The number of halogens is 1. The van der Waals surface area contributed by atoms with Gasteiger partial charge in [0.15, 0.2) is 0 Å². The highest BCUT2D eigenvalue weighted by molar-refractivity contribution is 6.30. The minimum absolute atomic E-state index is 0.141. The first-order chi connectivity index (χ1) is 9.04. The van der Waals surface area contributed by atoms with Gasteiger partial charge in [-0.15, -0.1) is 0 Å². The molecule has 4 nitrogen and oxygen atoms in total. The number of nitrogens with zero attached hydrogens (tertiary/aromatic N) is 1. The maximum absolute atomic E-state index is 11.5. The van der Waals surface area contributed by atoms with Crippen molar-refractivity contribution in [2.24, 2.45) is 0 Å². The molecular weight excluding hydrogens is 262 g/mol. The summed E-state index contributed by atoms with van der Waals surface area (Å²) in [5.74, 6) is 0.713. The third-order valence-corrected chi connectivity index (χ3v) is 2.98. The molecule has 1 aromatic carbocycles. The third kappa shape index (κ3) is 3.83. The second-order valence-corrected chi connectivity index (χ2v) is 5.09. The van der Waals surface area contributed by atoms with Crippen molar-refractivity contribution in [2.45, 2.75) is 26.3 Å². The first kappa shape index (κ1) is 13.6. The molecule has 2 rings (SSSR count). The molecule has 0 fully saturated rings. The van der Waals surface area contributed by atoms with Crippen LogP contribution in [0.25, 0.3) is 0 Å².